The van der Waals surface area contributed by atoms with Gasteiger partial charge in [-0.25, -0.2) is 9.97 Å². The lowest BCUT2D eigenvalue weighted by Crippen LogP contribution is -2.36. The van der Waals surface area contributed by atoms with Crippen molar-refractivity contribution in [3.8, 4) is 0 Å². The zero-order valence-electron chi connectivity index (χ0n) is 8.64. The molecule has 2 heterocycles. The smallest absolute Gasteiger partial charge is 0.226 e. The van der Waals surface area contributed by atoms with Gasteiger partial charge in [-0.1, -0.05) is 0 Å². The van der Waals surface area contributed by atoms with E-state index in [1.165, 1.54) is 0 Å². The number of anilines is 1. The molecule has 0 N–H and O–H groups in total. The average Bonchev–Trinajstić information content (AvgIpc) is 2.29. The van der Waals surface area contributed by atoms with Crippen LogP contribution in [-0.4, -0.2) is 35.1 Å². The van der Waals surface area contributed by atoms with Crippen molar-refractivity contribution in [2.75, 3.05) is 24.2 Å². The average molecular weight is 223 g/mol. The summed E-state index contributed by atoms with van der Waals surface area (Å²) in [6, 6.07) is 1.87. The number of carbonyl (C=O) groups is 1. The summed E-state index contributed by atoms with van der Waals surface area (Å²) >= 11 is 1.59. The number of rotatable bonds is 2. The van der Waals surface area contributed by atoms with Gasteiger partial charge in [-0.3, -0.25) is 4.79 Å². The van der Waals surface area contributed by atoms with E-state index in [0.717, 1.165) is 18.0 Å². The fourth-order valence-electron chi connectivity index (χ4n) is 1.61. The van der Waals surface area contributed by atoms with Crippen LogP contribution in [0.5, 0.6) is 0 Å². The predicted molar refractivity (Wildman–Crippen MR) is 60.3 cm³/mol. The van der Waals surface area contributed by atoms with E-state index in [9.17, 15) is 4.79 Å². The minimum Gasteiger partial charge on any atom is -0.333 e. The van der Waals surface area contributed by atoms with E-state index in [-0.39, 0.29) is 5.78 Å². The summed E-state index contributed by atoms with van der Waals surface area (Å²) in [5, 5.41) is 0.943. The van der Waals surface area contributed by atoms with Crippen LogP contribution >= 0.6 is 11.8 Å². The second kappa shape index (κ2) is 4.61. The minimum atomic E-state index is 0.277. The predicted octanol–water partition coefficient (Wildman–Crippen LogP) is 1.37. The third kappa shape index (κ3) is 2.47. The topological polar surface area (TPSA) is 46.1 Å². The zero-order valence-corrected chi connectivity index (χ0v) is 9.46. The SMILES string of the molecule is CSc1ccnc(N2CCCC(=O)C2)n1. The molecule has 1 saturated heterocycles. The number of aromatic nitrogens is 2. The van der Waals surface area contributed by atoms with Crippen LogP contribution in [0.1, 0.15) is 12.8 Å². The van der Waals surface area contributed by atoms with Crippen LogP contribution in [0.2, 0.25) is 0 Å². The summed E-state index contributed by atoms with van der Waals surface area (Å²) in [4.78, 5) is 21.8. The standard InChI is InChI=1S/C10H13N3OS/c1-15-9-4-5-11-10(12-9)13-6-2-3-8(14)7-13/h4-5H,2-3,6-7H2,1H3. The molecule has 0 bridgehead atoms. The second-order valence-corrected chi connectivity index (χ2v) is 4.29. The van der Waals surface area contributed by atoms with Gasteiger partial charge in [0.1, 0.15) is 5.03 Å². The van der Waals surface area contributed by atoms with Crippen molar-refractivity contribution in [1.29, 1.82) is 0 Å². The monoisotopic (exact) mass is 223 g/mol. The highest BCUT2D eigenvalue weighted by Crippen LogP contribution is 2.17. The summed E-state index contributed by atoms with van der Waals surface area (Å²) in [7, 11) is 0. The molecule has 1 aliphatic heterocycles. The molecular weight excluding hydrogens is 210 g/mol. The van der Waals surface area contributed by atoms with Gasteiger partial charge in [-0.15, -0.1) is 11.8 Å². The Morgan fingerprint density at radius 1 is 1.53 bits per heavy atom. The van der Waals surface area contributed by atoms with Crippen molar-refractivity contribution in [1.82, 2.24) is 9.97 Å². The van der Waals surface area contributed by atoms with Crippen LogP contribution in [0.3, 0.4) is 0 Å². The highest BCUT2D eigenvalue weighted by atomic mass is 32.2. The maximum Gasteiger partial charge on any atom is 0.226 e. The Labute approximate surface area is 93.1 Å². The van der Waals surface area contributed by atoms with E-state index in [2.05, 4.69) is 9.97 Å². The van der Waals surface area contributed by atoms with Crippen LogP contribution in [0.4, 0.5) is 5.95 Å². The molecule has 1 aromatic rings. The van der Waals surface area contributed by atoms with Crippen molar-refractivity contribution in [3.63, 3.8) is 0 Å². The summed E-state index contributed by atoms with van der Waals surface area (Å²) in [6.07, 6.45) is 5.32. The van der Waals surface area contributed by atoms with Crippen LogP contribution in [0.15, 0.2) is 17.3 Å². The molecule has 0 spiro atoms. The van der Waals surface area contributed by atoms with Gasteiger partial charge < -0.3 is 4.90 Å². The zero-order chi connectivity index (χ0) is 10.7. The van der Waals surface area contributed by atoms with Gasteiger partial charge in [0.15, 0.2) is 5.78 Å². The van der Waals surface area contributed by atoms with Crippen molar-refractivity contribution < 1.29 is 4.79 Å². The maximum atomic E-state index is 11.3. The molecule has 0 saturated carbocycles. The number of hydrogen-bond donors (Lipinski definition) is 0. The first kappa shape index (κ1) is 10.4. The summed E-state index contributed by atoms with van der Waals surface area (Å²) in [5.74, 6) is 0.953. The Kier molecular flexibility index (Phi) is 3.20. The van der Waals surface area contributed by atoms with Crippen LogP contribution in [0.25, 0.3) is 0 Å². The van der Waals surface area contributed by atoms with Crippen LogP contribution < -0.4 is 4.90 Å². The third-order valence-electron chi connectivity index (χ3n) is 2.36. The molecule has 0 unspecified atom stereocenters. The molecule has 1 fully saturated rings. The van der Waals surface area contributed by atoms with Gasteiger partial charge in [-0.05, 0) is 18.7 Å². The quantitative estimate of drug-likeness (QED) is 0.559. The van der Waals surface area contributed by atoms with Gasteiger partial charge in [0, 0.05) is 19.2 Å². The molecule has 1 aliphatic rings. The number of hydrogen-bond acceptors (Lipinski definition) is 5. The van der Waals surface area contributed by atoms with E-state index >= 15 is 0 Å². The van der Waals surface area contributed by atoms with Gasteiger partial charge in [0.05, 0.1) is 6.54 Å². The molecule has 2 rings (SSSR count). The lowest BCUT2D eigenvalue weighted by Gasteiger charge is -2.25. The third-order valence-corrected chi connectivity index (χ3v) is 3.01. The van der Waals surface area contributed by atoms with Gasteiger partial charge >= 0.3 is 0 Å². The molecule has 80 valence electrons. The molecule has 0 radical (unpaired) electrons. The Morgan fingerprint density at radius 3 is 3.13 bits per heavy atom. The lowest BCUT2D eigenvalue weighted by molar-refractivity contribution is -0.118. The fourth-order valence-corrected chi connectivity index (χ4v) is 1.98. The molecule has 1 aromatic heterocycles. The van der Waals surface area contributed by atoms with Crippen LogP contribution in [-0.2, 0) is 4.79 Å². The van der Waals surface area contributed by atoms with Crippen LogP contribution in [0, 0.1) is 0 Å². The van der Waals surface area contributed by atoms with Gasteiger partial charge in [-0.2, -0.15) is 0 Å². The Bertz CT molecular complexity index is 369. The van der Waals surface area contributed by atoms with E-state index in [4.69, 9.17) is 0 Å². The normalized spacial score (nSPS) is 16.9. The number of Topliss-reactive ketones (excluding diaryl/α,β-unsaturated/α-hetero) is 1. The molecule has 0 amide bonds. The largest absolute Gasteiger partial charge is 0.333 e. The Morgan fingerprint density at radius 2 is 2.40 bits per heavy atom. The minimum absolute atomic E-state index is 0.277. The number of nitrogens with zero attached hydrogens (tertiary/aromatic N) is 3. The molecule has 5 heteroatoms. The van der Waals surface area contributed by atoms with E-state index in [1.807, 2.05) is 17.2 Å². The first-order valence-electron chi connectivity index (χ1n) is 4.93. The Balaban J connectivity index is 2.17. The number of ketones is 1. The van der Waals surface area contributed by atoms with Gasteiger partial charge in [0.2, 0.25) is 5.95 Å². The first-order chi connectivity index (χ1) is 7.29. The second-order valence-electron chi connectivity index (χ2n) is 3.46. The maximum absolute atomic E-state index is 11.3. The Hall–Kier alpha value is -1.10. The van der Waals surface area contributed by atoms with E-state index in [1.54, 1.807) is 18.0 Å². The number of carbonyl (C=O) groups excluding carboxylic acids is 1. The van der Waals surface area contributed by atoms with E-state index in [0.29, 0.717) is 18.9 Å². The van der Waals surface area contributed by atoms with E-state index < -0.39 is 0 Å². The van der Waals surface area contributed by atoms with Gasteiger partial charge in [0.25, 0.3) is 0 Å². The fraction of sp³-hybridized carbons (Fsp3) is 0.500. The van der Waals surface area contributed by atoms with Crippen molar-refractivity contribution in [3.05, 3.63) is 12.3 Å². The molecule has 15 heavy (non-hydrogen) atoms. The number of piperidine rings is 1. The molecular formula is C10H13N3OS. The highest BCUT2D eigenvalue weighted by molar-refractivity contribution is 7.98. The molecule has 0 aromatic carbocycles. The summed E-state index contributed by atoms with van der Waals surface area (Å²) in [6.45, 7) is 1.33. The summed E-state index contributed by atoms with van der Waals surface area (Å²) < 4.78 is 0. The van der Waals surface area contributed by atoms with Crippen molar-refractivity contribution >= 4 is 23.5 Å². The molecule has 0 aliphatic carbocycles. The van der Waals surface area contributed by atoms with Crippen molar-refractivity contribution in [2.24, 2.45) is 0 Å². The highest BCUT2D eigenvalue weighted by Gasteiger charge is 2.18. The van der Waals surface area contributed by atoms with Crippen molar-refractivity contribution in [2.45, 2.75) is 17.9 Å². The number of thioether (sulfide) groups is 1. The molecule has 4 nitrogen and oxygen atoms in total. The lowest BCUT2D eigenvalue weighted by atomic mass is 10.1. The summed E-state index contributed by atoms with van der Waals surface area (Å²) in [5.41, 5.74) is 0. The molecule has 0 atom stereocenters. The first-order valence-corrected chi connectivity index (χ1v) is 6.16.